The van der Waals surface area contributed by atoms with Crippen LogP contribution in [0, 0.1) is 24.5 Å². The molecule has 2 fully saturated rings. The maximum Gasteiger partial charge on any atom is 0.280 e. The lowest BCUT2D eigenvalue weighted by atomic mass is 9.89. The zero-order valence-electron chi connectivity index (χ0n) is 34.5. The van der Waals surface area contributed by atoms with Crippen molar-refractivity contribution in [1.29, 1.82) is 0 Å². The fraction of sp³-hybridized carbons (Fsp3) is 0.432. The first-order chi connectivity index (χ1) is 29.2. The van der Waals surface area contributed by atoms with Gasteiger partial charge in [0.15, 0.2) is 0 Å². The van der Waals surface area contributed by atoms with Gasteiger partial charge >= 0.3 is 0 Å². The van der Waals surface area contributed by atoms with Crippen molar-refractivity contribution in [2.75, 3.05) is 50.1 Å². The third-order valence-electron chi connectivity index (χ3n) is 12.0. The number of ether oxygens (including phenoxy) is 1. The maximum absolute atomic E-state index is 15.9. The summed E-state index contributed by atoms with van der Waals surface area (Å²) >= 11 is 0. The molecule has 2 saturated heterocycles. The predicted octanol–water partition coefficient (Wildman–Crippen LogP) is 5.55. The highest BCUT2D eigenvalue weighted by Crippen LogP contribution is 2.37. The van der Waals surface area contributed by atoms with E-state index in [2.05, 4.69) is 32.6 Å². The summed E-state index contributed by atoms with van der Waals surface area (Å²) in [5.41, 5.74) is 3.92. The average molecular weight is 840 g/mol. The number of pyridine rings is 1. The van der Waals surface area contributed by atoms with Gasteiger partial charge in [0.05, 0.1) is 47.4 Å². The summed E-state index contributed by atoms with van der Waals surface area (Å²) in [4.78, 5) is 66.0. The molecule has 4 aliphatic heterocycles. The van der Waals surface area contributed by atoms with Gasteiger partial charge in [-0.25, -0.2) is 17.9 Å². The minimum atomic E-state index is -1.38. The van der Waals surface area contributed by atoms with Gasteiger partial charge in [-0.05, 0) is 93.0 Å². The molecule has 6 heterocycles. The smallest absolute Gasteiger partial charge is 0.280 e. The van der Waals surface area contributed by atoms with E-state index in [9.17, 15) is 19.2 Å². The highest BCUT2D eigenvalue weighted by molar-refractivity contribution is 6.19. The summed E-state index contributed by atoms with van der Waals surface area (Å²) in [7, 11) is 3.39. The summed E-state index contributed by atoms with van der Waals surface area (Å²) in [6.07, 6.45) is 2.46. The molecule has 4 aliphatic rings. The highest BCUT2D eigenvalue weighted by Gasteiger charge is 2.36. The summed E-state index contributed by atoms with van der Waals surface area (Å²) in [5.74, 6) is -3.78. The zero-order valence-corrected chi connectivity index (χ0v) is 34.5. The number of halogens is 3. The van der Waals surface area contributed by atoms with E-state index in [4.69, 9.17) is 4.74 Å². The molecular weight excluding hydrogens is 792 g/mol. The summed E-state index contributed by atoms with van der Waals surface area (Å²) in [5, 5.41) is 9.79. The standard InChI is InChI=1S/C44H48F3N9O5/c1-24-6-5-15-61-43-30(21-48-54(43)4)35-19-28(16-25(2)49-35)40(58)52-44-50-34-9-7-27(20-37(34)56(44)22-24)42(60)53(3)36-12-14-55(23-33(36)47)13-11-26-17-31(45)39(32(46)18-26)29-8-10-38(57)51-41(29)59/h7,9,16-21,24,29,33,36H,5-6,8,10-15,22-23H2,1-4H3,(H,50,52,58)(H,51,57,59)/t24-,29-,33+,36-/m1/s1. The second-order valence-electron chi connectivity index (χ2n) is 16.5. The SMILES string of the molecule is Cc1cc2cc(n1)-c1cnn(C)c1OCCC[C@@H](C)CN1/C(=N/C2=O)Nc2ccc(C(=O)N(C)[C@@H]3CCN(CCc4cc(F)c([C@H]5CCC(=O)NC5=O)c(F)c4)C[C@@H]3F)cc21. The number of anilines is 2. The average Bonchev–Trinajstić information content (AvgIpc) is 3.76. The number of rotatable bonds is 6. The summed E-state index contributed by atoms with van der Waals surface area (Å²) < 4.78 is 54.0. The number of nitrogens with one attached hydrogen (secondary N) is 2. The fourth-order valence-corrected chi connectivity index (χ4v) is 8.76. The number of carbonyl (C=O) groups excluding carboxylic acids is 4. The van der Waals surface area contributed by atoms with Gasteiger partial charge in [-0.1, -0.05) is 6.92 Å². The number of aromatic nitrogens is 3. The second kappa shape index (κ2) is 17.1. The van der Waals surface area contributed by atoms with E-state index >= 15 is 13.2 Å². The van der Waals surface area contributed by atoms with Gasteiger partial charge < -0.3 is 19.9 Å². The maximum atomic E-state index is 15.9. The monoisotopic (exact) mass is 839 g/mol. The first-order valence-electron chi connectivity index (χ1n) is 20.6. The van der Waals surface area contributed by atoms with Gasteiger partial charge in [0.2, 0.25) is 23.7 Å². The van der Waals surface area contributed by atoms with Crippen LogP contribution in [0.4, 0.5) is 24.5 Å². The number of alkyl halides is 1. The lowest BCUT2D eigenvalue weighted by Crippen LogP contribution is -2.53. The number of fused-ring (bicyclic) bond motifs is 7. The number of carbonyl (C=O) groups is 4. The zero-order chi connectivity index (χ0) is 43.1. The Bertz CT molecular complexity index is 2420. The van der Waals surface area contributed by atoms with Crippen molar-refractivity contribution < 1.29 is 37.1 Å². The first-order valence-corrected chi connectivity index (χ1v) is 20.6. The number of aryl methyl sites for hydroxylation is 2. The Hall–Kier alpha value is -6.10. The van der Waals surface area contributed by atoms with Crippen LogP contribution in [0.25, 0.3) is 11.3 Å². The molecule has 2 N–H and O–H groups in total. The number of hydrogen-bond donors (Lipinski definition) is 2. The number of hydrogen-bond acceptors (Lipinski definition) is 10. The van der Waals surface area contributed by atoms with Crippen LogP contribution in [0.3, 0.4) is 0 Å². The van der Waals surface area contributed by atoms with E-state index in [1.807, 2.05) is 16.7 Å². The molecule has 2 bridgehead atoms. The van der Waals surface area contributed by atoms with Gasteiger partial charge in [-0.15, -0.1) is 0 Å². The lowest BCUT2D eigenvalue weighted by Gasteiger charge is -2.39. The fourth-order valence-electron chi connectivity index (χ4n) is 8.76. The van der Waals surface area contributed by atoms with E-state index in [1.54, 1.807) is 55.3 Å². The number of imide groups is 1. The van der Waals surface area contributed by atoms with Crippen molar-refractivity contribution in [1.82, 2.24) is 29.9 Å². The Morgan fingerprint density at radius 2 is 1.80 bits per heavy atom. The normalized spacial score (nSPS) is 23.0. The molecule has 0 saturated carbocycles. The van der Waals surface area contributed by atoms with Crippen LogP contribution in [0.5, 0.6) is 5.88 Å². The number of guanidine groups is 1. The lowest BCUT2D eigenvalue weighted by molar-refractivity contribution is -0.134. The number of likely N-dealkylation sites (tertiary alicyclic amines) is 1. The van der Waals surface area contributed by atoms with E-state index in [0.29, 0.717) is 89.5 Å². The van der Waals surface area contributed by atoms with Crippen molar-refractivity contribution in [2.45, 2.75) is 70.5 Å². The minimum Gasteiger partial charge on any atom is -0.477 e. The first kappa shape index (κ1) is 41.6. The number of amides is 4. The molecule has 0 spiro atoms. The third kappa shape index (κ3) is 8.60. The van der Waals surface area contributed by atoms with Crippen molar-refractivity contribution in [3.05, 3.63) is 88.2 Å². The molecule has 2 aromatic carbocycles. The number of nitrogens with zero attached hydrogens (tertiary/aromatic N) is 7. The largest absolute Gasteiger partial charge is 0.477 e. The molecule has 0 unspecified atom stereocenters. The van der Waals surface area contributed by atoms with Crippen molar-refractivity contribution >= 4 is 41.0 Å². The Morgan fingerprint density at radius 3 is 2.56 bits per heavy atom. The predicted molar refractivity (Wildman–Crippen MR) is 221 cm³/mol. The summed E-state index contributed by atoms with van der Waals surface area (Å²) in [6.45, 7) is 5.68. The Kier molecular flexibility index (Phi) is 11.7. The topological polar surface area (TPSA) is 154 Å². The minimum absolute atomic E-state index is 0.000967. The van der Waals surface area contributed by atoms with E-state index in [1.165, 1.54) is 17.0 Å². The molecule has 8 rings (SSSR count). The molecule has 0 radical (unpaired) electrons. The van der Waals surface area contributed by atoms with Crippen molar-refractivity contribution in [2.24, 2.45) is 18.0 Å². The van der Waals surface area contributed by atoms with Crippen LogP contribution >= 0.6 is 0 Å². The molecule has 0 aliphatic carbocycles. The quantitative estimate of drug-likeness (QED) is 0.236. The van der Waals surface area contributed by atoms with E-state index in [0.717, 1.165) is 12.8 Å². The van der Waals surface area contributed by atoms with E-state index < -0.39 is 47.5 Å². The van der Waals surface area contributed by atoms with Crippen LogP contribution in [0.2, 0.25) is 0 Å². The molecule has 320 valence electrons. The van der Waals surface area contributed by atoms with Crippen LogP contribution < -0.4 is 20.3 Å². The second-order valence-corrected chi connectivity index (χ2v) is 16.5. The molecule has 4 atom stereocenters. The number of aliphatic imine (C=N–C) groups is 1. The van der Waals surface area contributed by atoms with E-state index in [-0.39, 0.29) is 43.2 Å². The molecule has 17 heteroatoms. The molecule has 61 heavy (non-hydrogen) atoms. The van der Waals surface area contributed by atoms with Gasteiger partial charge in [0.25, 0.3) is 11.8 Å². The molecule has 4 amide bonds. The van der Waals surface area contributed by atoms with Crippen LogP contribution in [-0.4, -0.2) is 106 Å². The molecule has 14 nitrogen and oxygen atoms in total. The molecular formula is C44H48F3N9O5. The Balaban J connectivity index is 0.944. The van der Waals surface area contributed by atoms with Crippen LogP contribution in [-0.2, 0) is 23.1 Å². The summed E-state index contributed by atoms with van der Waals surface area (Å²) in [6, 6.07) is 10.2. The number of piperidine rings is 2. The van der Waals surface area contributed by atoms with Crippen molar-refractivity contribution in [3.63, 3.8) is 0 Å². The molecule has 2 aromatic heterocycles. The molecule has 4 aromatic rings. The van der Waals surface area contributed by atoms with Crippen molar-refractivity contribution in [3.8, 4) is 17.1 Å². The van der Waals surface area contributed by atoms with Gasteiger partial charge in [-0.3, -0.25) is 34.4 Å². The van der Waals surface area contributed by atoms with Gasteiger partial charge in [0.1, 0.15) is 17.8 Å². The van der Waals surface area contributed by atoms with Crippen LogP contribution in [0.1, 0.15) is 82.5 Å². The van der Waals surface area contributed by atoms with Crippen LogP contribution in [0.15, 0.2) is 53.7 Å². The van der Waals surface area contributed by atoms with Gasteiger partial charge in [0, 0.05) is 69.1 Å². The number of benzene rings is 2. The Labute approximate surface area is 351 Å². The van der Waals surface area contributed by atoms with Gasteiger partial charge in [-0.2, -0.15) is 10.1 Å². The highest BCUT2D eigenvalue weighted by atomic mass is 19.1. The third-order valence-corrected chi connectivity index (χ3v) is 12.0. The Morgan fingerprint density at radius 1 is 1.02 bits per heavy atom.